The average Bonchev–Trinajstić information content (AvgIpc) is 3.21. The highest BCUT2D eigenvalue weighted by molar-refractivity contribution is 6.03. The van der Waals surface area contributed by atoms with Gasteiger partial charge >= 0.3 is 0 Å². The number of benzene rings is 2. The van der Waals surface area contributed by atoms with Crippen LogP contribution in [0.25, 0.3) is 11.0 Å². The SMILES string of the molecule is O=C(Nc1ccc2nc[nH]c2c1)[C@H]1CC(=O)N(c2ccccc2)C1. The molecule has 6 nitrogen and oxygen atoms in total. The molecule has 1 fully saturated rings. The smallest absolute Gasteiger partial charge is 0.229 e. The van der Waals surface area contributed by atoms with Gasteiger partial charge in [-0.1, -0.05) is 18.2 Å². The first kappa shape index (κ1) is 14.4. The lowest BCUT2D eigenvalue weighted by Crippen LogP contribution is -2.28. The highest BCUT2D eigenvalue weighted by atomic mass is 16.2. The molecule has 0 aliphatic carbocycles. The van der Waals surface area contributed by atoms with Gasteiger partial charge in [-0.25, -0.2) is 4.98 Å². The third-order valence-electron chi connectivity index (χ3n) is 4.25. The van der Waals surface area contributed by atoms with Gasteiger partial charge in [0.2, 0.25) is 11.8 Å². The second-order valence-corrected chi connectivity index (χ2v) is 5.86. The fourth-order valence-corrected chi connectivity index (χ4v) is 3.00. The molecule has 2 N–H and O–H groups in total. The third kappa shape index (κ3) is 2.62. The Bertz CT molecular complexity index is 904. The molecule has 3 aromatic rings. The Hall–Kier alpha value is -3.15. The molecule has 1 atom stereocenters. The second-order valence-electron chi connectivity index (χ2n) is 5.86. The summed E-state index contributed by atoms with van der Waals surface area (Å²) in [7, 11) is 0. The van der Waals surface area contributed by atoms with Crippen LogP contribution in [0.5, 0.6) is 0 Å². The van der Waals surface area contributed by atoms with Crippen LogP contribution < -0.4 is 10.2 Å². The maximum atomic E-state index is 12.5. The first-order chi connectivity index (χ1) is 11.7. The number of para-hydroxylation sites is 1. The minimum atomic E-state index is -0.352. The molecule has 0 saturated carbocycles. The van der Waals surface area contributed by atoms with Crippen LogP contribution in [0.3, 0.4) is 0 Å². The Morgan fingerprint density at radius 3 is 2.88 bits per heavy atom. The number of aromatic nitrogens is 2. The highest BCUT2D eigenvalue weighted by Gasteiger charge is 2.35. The number of anilines is 2. The van der Waals surface area contributed by atoms with E-state index in [0.29, 0.717) is 12.2 Å². The van der Waals surface area contributed by atoms with Crippen LogP contribution in [-0.4, -0.2) is 28.3 Å². The van der Waals surface area contributed by atoms with Gasteiger partial charge in [0.15, 0.2) is 0 Å². The van der Waals surface area contributed by atoms with Gasteiger partial charge in [-0.15, -0.1) is 0 Å². The number of rotatable bonds is 3. The average molecular weight is 320 g/mol. The molecular formula is C18H16N4O2. The molecule has 2 amide bonds. The van der Waals surface area contributed by atoms with Crippen molar-refractivity contribution in [3.05, 3.63) is 54.9 Å². The van der Waals surface area contributed by atoms with Gasteiger partial charge in [-0.05, 0) is 30.3 Å². The number of amides is 2. The zero-order valence-electron chi connectivity index (χ0n) is 12.9. The molecule has 120 valence electrons. The molecule has 1 aromatic heterocycles. The zero-order chi connectivity index (χ0) is 16.5. The van der Waals surface area contributed by atoms with E-state index in [1.54, 1.807) is 11.2 Å². The summed E-state index contributed by atoms with van der Waals surface area (Å²) in [5.41, 5.74) is 3.24. The molecule has 0 unspecified atom stereocenters. The summed E-state index contributed by atoms with van der Waals surface area (Å²) < 4.78 is 0. The molecule has 6 heteroatoms. The van der Waals surface area contributed by atoms with Crippen molar-refractivity contribution in [1.82, 2.24) is 9.97 Å². The Morgan fingerprint density at radius 2 is 2.04 bits per heavy atom. The lowest BCUT2D eigenvalue weighted by molar-refractivity contribution is -0.122. The number of imidazole rings is 1. The van der Waals surface area contributed by atoms with Crippen molar-refractivity contribution in [1.29, 1.82) is 0 Å². The van der Waals surface area contributed by atoms with E-state index in [4.69, 9.17) is 0 Å². The molecule has 2 heterocycles. The lowest BCUT2D eigenvalue weighted by atomic mass is 10.1. The Morgan fingerprint density at radius 1 is 1.21 bits per heavy atom. The van der Waals surface area contributed by atoms with Gasteiger partial charge in [0.25, 0.3) is 0 Å². The van der Waals surface area contributed by atoms with Crippen molar-refractivity contribution in [2.24, 2.45) is 5.92 Å². The summed E-state index contributed by atoms with van der Waals surface area (Å²) in [4.78, 5) is 33.5. The molecule has 2 aromatic carbocycles. The van der Waals surface area contributed by atoms with Crippen LogP contribution in [0, 0.1) is 5.92 Å². The van der Waals surface area contributed by atoms with E-state index in [-0.39, 0.29) is 24.2 Å². The van der Waals surface area contributed by atoms with E-state index in [1.807, 2.05) is 48.5 Å². The van der Waals surface area contributed by atoms with E-state index >= 15 is 0 Å². The van der Waals surface area contributed by atoms with Gasteiger partial charge < -0.3 is 15.2 Å². The monoisotopic (exact) mass is 320 g/mol. The van der Waals surface area contributed by atoms with E-state index < -0.39 is 0 Å². The van der Waals surface area contributed by atoms with Crippen LogP contribution in [0.4, 0.5) is 11.4 Å². The summed E-state index contributed by atoms with van der Waals surface area (Å²) in [6.45, 7) is 0.404. The van der Waals surface area contributed by atoms with Gasteiger partial charge in [0.1, 0.15) is 0 Å². The number of carbonyl (C=O) groups is 2. The minimum absolute atomic E-state index is 0.0228. The molecular weight excluding hydrogens is 304 g/mol. The molecule has 0 bridgehead atoms. The fraction of sp³-hybridized carbons (Fsp3) is 0.167. The maximum Gasteiger partial charge on any atom is 0.229 e. The molecule has 4 rings (SSSR count). The van der Waals surface area contributed by atoms with E-state index in [2.05, 4.69) is 15.3 Å². The van der Waals surface area contributed by atoms with Crippen LogP contribution in [0.1, 0.15) is 6.42 Å². The molecule has 1 saturated heterocycles. The number of fused-ring (bicyclic) bond motifs is 1. The predicted molar refractivity (Wildman–Crippen MR) is 91.6 cm³/mol. The number of hydrogen-bond acceptors (Lipinski definition) is 3. The van der Waals surface area contributed by atoms with Gasteiger partial charge in [-0.3, -0.25) is 9.59 Å². The molecule has 1 aliphatic rings. The maximum absolute atomic E-state index is 12.5. The van der Waals surface area contributed by atoms with E-state index in [0.717, 1.165) is 16.7 Å². The minimum Gasteiger partial charge on any atom is -0.345 e. The van der Waals surface area contributed by atoms with Crippen LogP contribution >= 0.6 is 0 Å². The summed E-state index contributed by atoms with van der Waals surface area (Å²) in [5.74, 6) is -0.513. The van der Waals surface area contributed by atoms with Gasteiger partial charge in [0, 0.05) is 24.3 Å². The highest BCUT2D eigenvalue weighted by Crippen LogP contribution is 2.26. The van der Waals surface area contributed by atoms with Crippen LogP contribution in [0.15, 0.2) is 54.9 Å². The number of nitrogens with one attached hydrogen (secondary N) is 2. The lowest BCUT2D eigenvalue weighted by Gasteiger charge is -2.16. The molecule has 24 heavy (non-hydrogen) atoms. The zero-order valence-corrected chi connectivity index (χ0v) is 12.9. The predicted octanol–water partition coefficient (Wildman–Crippen LogP) is 2.55. The quantitative estimate of drug-likeness (QED) is 0.778. The van der Waals surface area contributed by atoms with E-state index in [1.165, 1.54) is 0 Å². The van der Waals surface area contributed by atoms with Crippen molar-refractivity contribution in [3.63, 3.8) is 0 Å². The van der Waals surface area contributed by atoms with E-state index in [9.17, 15) is 9.59 Å². The second kappa shape index (κ2) is 5.81. The standard InChI is InChI=1S/C18H16N4O2/c23-17-8-12(10-22(17)14-4-2-1-3-5-14)18(24)21-13-6-7-15-16(9-13)20-11-19-15/h1-7,9,11-12H,8,10H2,(H,19,20)(H,21,24)/t12-/m0/s1. The summed E-state index contributed by atoms with van der Waals surface area (Å²) >= 11 is 0. The molecule has 0 spiro atoms. The fourth-order valence-electron chi connectivity index (χ4n) is 3.00. The number of H-pyrrole nitrogens is 1. The Labute approximate surface area is 138 Å². The molecule has 0 radical (unpaired) electrons. The Balaban J connectivity index is 1.48. The van der Waals surface area contributed by atoms with Crippen molar-refractivity contribution >= 4 is 34.2 Å². The molecule has 1 aliphatic heterocycles. The summed E-state index contributed by atoms with van der Waals surface area (Å²) in [5, 5.41) is 2.89. The van der Waals surface area contributed by atoms with Crippen molar-refractivity contribution in [2.75, 3.05) is 16.8 Å². The number of aromatic amines is 1. The van der Waals surface area contributed by atoms with Crippen molar-refractivity contribution in [2.45, 2.75) is 6.42 Å². The van der Waals surface area contributed by atoms with Crippen LogP contribution in [0.2, 0.25) is 0 Å². The van der Waals surface area contributed by atoms with Crippen molar-refractivity contribution < 1.29 is 9.59 Å². The van der Waals surface area contributed by atoms with Crippen LogP contribution in [-0.2, 0) is 9.59 Å². The number of hydrogen-bond donors (Lipinski definition) is 2. The van der Waals surface area contributed by atoms with Gasteiger partial charge in [-0.2, -0.15) is 0 Å². The Kier molecular flexibility index (Phi) is 3.49. The normalized spacial score (nSPS) is 17.4. The topological polar surface area (TPSA) is 78.1 Å². The van der Waals surface area contributed by atoms with Crippen molar-refractivity contribution in [3.8, 4) is 0 Å². The third-order valence-corrected chi connectivity index (χ3v) is 4.25. The summed E-state index contributed by atoms with van der Waals surface area (Å²) in [6, 6.07) is 14.9. The first-order valence-electron chi connectivity index (χ1n) is 7.80. The first-order valence-corrected chi connectivity index (χ1v) is 7.80. The number of nitrogens with zero attached hydrogens (tertiary/aromatic N) is 2. The number of carbonyl (C=O) groups excluding carboxylic acids is 2. The summed E-state index contributed by atoms with van der Waals surface area (Å²) in [6.07, 6.45) is 1.84. The largest absolute Gasteiger partial charge is 0.345 e. The van der Waals surface area contributed by atoms with Gasteiger partial charge in [0.05, 0.1) is 23.3 Å².